The van der Waals surface area contributed by atoms with E-state index in [1.807, 2.05) is 0 Å². The van der Waals surface area contributed by atoms with E-state index in [0.29, 0.717) is 11.9 Å². The van der Waals surface area contributed by atoms with Crippen LogP contribution in [0.25, 0.3) is 10.1 Å². The molecule has 84 valence electrons. The van der Waals surface area contributed by atoms with Gasteiger partial charge in [-0.3, -0.25) is 4.79 Å². The summed E-state index contributed by atoms with van der Waals surface area (Å²) >= 11 is 4.88. The Bertz CT molecular complexity index is 494. The molecule has 1 heterocycles. The minimum Gasteiger partial charge on any atom is -0.355 e. The molecule has 0 saturated carbocycles. The quantitative estimate of drug-likeness (QED) is 0.864. The molecular formula is C12H12BrNOS. The van der Waals surface area contributed by atoms with Crippen molar-refractivity contribution in [1.29, 1.82) is 0 Å². The van der Waals surface area contributed by atoms with Gasteiger partial charge in [-0.05, 0) is 28.8 Å². The number of hydrogen-bond donors (Lipinski definition) is 1. The maximum atomic E-state index is 11.0. The van der Waals surface area contributed by atoms with Gasteiger partial charge in [-0.25, -0.2) is 0 Å². The zero-order valence-electron chi connectivity index (χ0n) is 8.70. The van der Waals surface area contributed by atoms with Crippen LogP contribution < -0.4 is 5.32 Å². The molecule has 0 aliphatic carbocycles. The highest BCUT2D eigenvalue weighted by Crippen LogP contribution is 2.25. The Hall–Kier alpha value is -0.870. The number of alkyl halides is 1. The number of nitrogens with one attached hydrogen (secondary N) is 1. The van der Waals surface area contributed by atoms with Crippen molar-refractivity contribution in [1.82, 2.24) is 5.32 Å². The van der Waals surface area contributed by atoms with Crippen LogP contribution in [0.4, 0.5) is 0 Å². The summed E-state index contributed by atoms with van der Waals surface area (Å²) < 4.78 is 1.31. The molecule has 1 aromatic heterocycles. The van der Waals surface area contributed by atoms with Gasteiger partial charge in [-0.1, -0.05) is 34.1 Å². The van der Waals surface area contributed by atoms with Crippen molar-refractivity contribution in [3.05, 3.63) is 35.2 Å². The number of halogens is 1. The number of thiophene rings is 1. The molecule has 0 saturated heterocycles. The zero-order chi connectivity index (χ0) is 11.4. The minimum absolute atomic E-state index is 0.0412. The third-order valence-corrected chi connectivity index (χ3v) is 3.92. The number of fused-ring (bicyclic) bond motifs is 1. The van der Waals surface area contributed by atoms with Gasteiger partial charge in [0.15, 0.2) is 0 Å². The van der Waals surface area contributed by atoms with Crippen LogP contribution in [0.1, 0.15) is 5.56 Å². The third kappa shape index (κ3) is 2.62. The maximum Gasteiger partial charge on any atom is 0.230 e. The molecule has 0 atom stereocenters. The summed E-state index contributed by atoms with van der Waals surface area (Å²) in [6.45, 7) is 0.700. The van der Waals surface area contributed by atoms with E-state index in [0.717, 1.165) is 6.42 Å². The number of carbonyl (C=O) groups is 1. The third-order valence-electron chi connectivity index (χ3n) is 2.40. The lowest BCUT2D eigenvalue weighted by Gasteiger charge is -2.02. The summed E-state index contributed by atoms with van der Waals surface area (Å²) in [6.07, 6.45) is 0.892. The number of hydrogen-bond acceptors (Lipinski definition) is 2. The van der Waals surface area contributed by atoms with Gasteiger partial charge in [-0.2, -0.15) is 0 Å². The molecule has 0 unspecified atom stereocenters. The Morgan fingerprint density at radius 3 is 3.00 bits per heavy atom. The monoisotopic (exact) mass is 297 g/mol. The topological polar surface area (TPSA) is 29.1 Å². The van der Waals surface area contributed by atoms with Gasteiger partial charge < -0.3 is 5.32 Å². The van der Waals surface area contributed by atoms with Crippen LogP contribution in [-0.2, 0) is 11.2 Å². The predicted octanol–water partition coefficient (Wildman–Crippen LogP) is 2.95. The van der Waals surface area contributed by atoms with E-state index in [1.165, 1.54) is 15.6 Å². The highest BCUT2D eigenvalue weighted by atomic mass is 79.9. The van der Waals surface area contributed by atoms with Crippen LogP contribution >= 0.6 is 27.3 Å². The first-order valence-electron chi connectivity index (χ1n) is 5.09. The molecule has 1 aromatic carbocycles. The van der Waals surface area contributed by atoms with Gasteiger partial charge in [0.1, 0.15) is 0 Å². The Kier molecular flexibility index (Phi) is 3.96. The van der Waals surface area contributed by atoms with Gasteiger partial charge >= 0.3 is 0 Å². The van der Waals surface area contributed by atoms with Gasteiger partial charge in [0.05, 0.1) is 5.33 Å². The summed E-state index contributed by atoms with van der Waals surface area (Å²) in [6, 6.07) is 8.36. The molecule has 1 N–H and O–H groups in total. The fourth-order valence-electron chi connectivity index (χ4n) is 1.61. The molecule has 2 rings (SSSR count). The smallest absolute Gasteiger partial charge is 0.230 e. The molecule has 2 aromatic rings. The Balaban J connectivity index is 2.02. The average molecular weight is 298 g/mol. The van der Waals surface area contributed by atoms with Gasteiger partial charge in [0.2, 0.25) is 5.91 Å². The largest absolute Gasteiger partial charge is 0.355 e. The molecule has 16 heavy (non-hydrogen) atoms. The van der Waals surface area contributed by atoms with E-state index in [9.17, 15) is 4.79 Å². The predicted molar refractivity (Wildman–Crippen MR) is 72.3 cm³/mol. The summed E-state index contributed by atoms with van der Waals surface area (Å²) in [5, 5.41) is 6.70. The van der Waals surface area contributed by atoms with Crippen molar-refractivity contribution in [2.75, 3.05) is 11.9 Å². The van der Waals surface area contributed by atoms with Crippen LogP contribution in [-0.4, -0.2) is 17.8 Å². The van der Waals surface area contributed by atoms with Crippen LogP contribution in [0.2, 0.25) is 0 Å². The van der Waals surface area contributed by atoms with Gasteiger partial charge in [0.25, 0.3) is 0 Å². The number of rotatable bonds is 4. The molecule has 0 spiro atoms. The molecule has 0 bridgehead atoms. The molecule has 2 nitrogen and oxygen atoms in total. The zero-order valence-corrected chi connectivity index (χ0v) is 11.1. The number of benzene rings is 1. The van der Waals surface area contributed by atoms with Crippen LogP contribution in [0, 0.1) is 0 Å². The Labute approximate surface area is 107 Å². The summed E-state index contributed by atoms with van der Waals surface area (Å²) in [5.74, 6) is 0.0412. The van der Waals surface area contributed by atoms with Crippen LogP contribution in [0.15, 0.2) is 29.6 Å². The first kappa shape index (κ1) is 11.6. The first-order valence-corrected chi connectivity index (χ1v) is 7.09. The molecule has 1 amide bonds. The average Bonchev–Trinajstić information content (AvgIpc) is 2.73. The number of amides is 1. The molecule has 0 aliphatic rings. The lowest BCUT2D eigenvalue weighted by atomic mass is 10.1. The van der Waals surface area contributed by atoms with Crippen LogP contribution in [0.3, 0.4) is 0 Å². The summed E-state index contributed by atoms with van der Waals surface area (Å²) in [5.41, 5.74) is 1.32. The Morgan fingerprint density at radius 2 is 2.19 bits per heavy atom. The molecule has 0 fully saturated rings. The lowest BCUT2D eigenvalue weighted by Crippen LogP contribution is -2.26. The highest BCUT2D eigenvalue weighted by Gasteiger charge is 2.03. The SMILES string of the molecule is O=C(CBr)NCCc1csc2ccccc12. The van der Waals surface area contributed by atoms with Gasteiger partial charge in [0, 0.05) is 11.2 Å². The molecular weight excluding hydrogens is 286 g/mol. The first-order chi connectivity index (χ1) is 7.81. The second-order valence-electron chi connectivity index (χ2n) is 3.49. The summed E-state index contributed by atoms with van der Waals surface area (Å²) in [4.78, 5) is 11.0. The van der Waals surface area contributed by atoms with E-state index in [-0.39, 0.29) is 5.91 Å². The van der Waals surface area contributed by atoms with E-state index >= 15 is 0 Å². The van der Waals surface area contributed by atoms with Crippen molar-refractivity contribution in [2.45, 2.75) is 6.42 Å². The van der Waals surface area contributed by atoms with Crippen molar-refractivity contribution < 1.29 is 4.79 Å². The minimum atomic E-state index is 0.0412. The van der Waals surface area contributed by atoms with E-state index in [4.69, 9.17) is 0 Å². The Morgan fingerprint density at radius 1 is 1.38 bits per heavy atom. The van der Waals surface area contributed by atoms with Crippen molar-refractivity contribution in [2.24, 2.45) is 0 Å². The summed E-state index contributed by atoms with van der Waals surface area (Å²) in [7, 11) is 0. The second-order valence-corrected chi connectivity index (χ2v) is 4.96. The molecule has 0 radical (unpaired) electrons. The highest BCUT2D eigenvalue weighted by molar-refractivity contribution is 9.09. The van der Waals surface area contributed by atoms with Crippen molar-refractivity contribution in [3.8, 4) is 0 Å². The lowest BCUT2D eigenvalue weighted by molar-refractivity contribution is -0.118. The van der Waals surface area contributed by atoms with Crippen molar-refractivity contribution >= 4 is 43.3 Å². The fourth-order valence-corrected chi connectivity index (χ4v) is 2.81. The van der Waals surface area contributed by atoms with Crippen LogP contribution in [0.5, 0.6) is 0 Å². The fraction of sp³-hybridized carbons (Fsp3) is 0.250. The van der Waals surface area contributed by atoms with E-state index < -0.39 is 0 Å². The number of carbonyl (C=O) groups excluding carboxylic acids is 1. The standard InChI is InChI=1S/C12H12BrNOS/c13-7-12(15)14-6-5-9-8-16-11-4-2-1-3-10(9)11/h1-4,8H,5-7H2,(H,14,15). The van der Waals surface area contributed by atoms with Gasteiger partial charge in [-0.15, -0.1) is 11.3 Å². The van der Waals surface area contributed by atoms with E-state index in [1.54, 1.807) is 11.3 Å². The van der Waals surface area contributed by atoms with E-state index in [2.05, 4.69) is 50.9 Å². The molecule has 0 aliphatic heterocycles. The normalized spacial score (nSPS) is 10.6. The van der Waals surface area contributed by atoms with Crippen molar-refractivity contribution in [3.63, 3.8) is 0 Å². The maximum absolute atomic E-state index is 11.0. The second kappa shape index (κ2) is 5.46. The molecule has 4 heteroatoms.